The number of rotatable bonds is 4. The minimum Gasteiger partial charge on any atom is -0.310 e. The summed E-state index contributed by atoms with van der Waals surface area (Å²) in [6, 6.07) is 5.92. The second kappa shape index (κ2) is 5.59. The number of nitrogens with one attached hydrogen (secondary N) is 1. The standard InChI is InChI=1S/C16H23FN2/c1-19-8-6-15(7-9-19)18-11-13-4-5-14(17)10-16(13)12-2-3-12/h4-5,10,12,15,18H,2-3,6-9,11H2,1H3. The highest BCUT2D eigenvalue weighted by molar-refractivity contribution is 5.33. The molecule has 0 amide bonds. The fourth-order valence-electron chi connectivity index (χ4n) is 2.97. The quantitative estimate of drug-likeness (QED) is 0.897. The molecule has 0 bridgehead atoms. The fraction of sp³-hybridized carbons (Fsp3) is 0.625. The first kappa shape index (κ1) is 13.1. The summed E-state index contributed by atoms with van der Waals surface area (Å²) >= 11 is 0. The van der Waals surface area contributed by atoms with Crippen molar-refractivity contribution in [1.82, 2.24) is 10.2 Å². The number of likely N-dealkylation sites (tertiary alicyclic amines) is 1. The predicted molar refractivity (Wildman–Crippen MR) is 75.7 cm³/mol. The summed E-state index contributed by atoms with van der Waals surface area (Å²) in [6.45, 7) is 3.24. The van der Waals surface area contributed by atoms with E-state index in [-0.39, 0.29) is 5.82 Å². The lowest BCUT2D eigenvalue weighted by molar-refractivity contribution is 0.234. The Hall–Kier alpha value is -0.930. The molecule has 0 aromatic heterocycles. The Balaban J connectivity index is 1.60. The van der Waals surface area contributed by atoms with Crippen molar-refractivity contribution in [2.75, 3.05) is 20.1 Å². The predicted octanol–water partition coefficient (Wildman–Crippen LogP) is 2.89. The highest BCUT2D eigenvalue weighted by Gasteiger charge is 2.26. The molecule has 1 N–H and O–H groups in total. The smallest absolute Gasteiger partial charge is 0.123 e. The summed E-state index contributed by atoms with van der Waals surface area (Å²) in [4.78, 5) is 2.38. The molecule has 1 aliphatic heterocycles. The zero-order valence-electron chi connectivity index (χ0n) is 11.7. The van der Waals surface area contributed by atoms with Gasteiger partial charge in [-0.3, -0.25) is 0 Å². The molecule has 0 atom stereocenters. The van der Waals surface area contributed by atoms with Crippen molar-refractivity contribution >= 4 is 0 Å². The third-order valence-corrected chi connectivity index (χ3v) is 4.42. The van der Waals surface area contributed by atoms with E-state index in [9.17, 15) is 4.39 Å². The minimum atomic E-state index is -0.0926. The zero-order chi connectivity index (χ0) is 13.2. The number of piperidine rings is 1. The van der Waals surface area contributed by atoms with Crippen LogP contribution in [0.15, 0.2) is 18.2 Å². The van der Waals surface area contributed by atoms with E-state index in [0.29, 0.717) is 12.0 Å². The number of nitrogens with zero attached hydrogens (tertiary/aromatic N) is 1. The summed E-state index contributed by atoms with van der Waals surface area (Å²) in [6.07, 6.45) is 4.89. The van der Waals surface area contributed by atoms with Crippen LogP contribution in [0.4, 0.5) is 4.39 Å². The van der Waals surface area contributed by atoms with E-state index in [0.717, 1.165) is 6.54 Å². The van der Waals surface area contributed by atoms with Crippen LogP contribution in [0.2, 0.25) is 0 Å². The molecule has 1 aromatic carbocycles. The van der Waals surface area contributed by atoms with Gasteiger partial charge < -0.3 is 10.2 Å². The lowest BCUT2D eigenvalue weighted by Crippen LogP contribution is -2.40. The first-order valence-corrected chi connectivity index (χ1v) is 7.42. The Kier molecular flexibility index (Phi) is 3.85. The van der Waals surface area contributed by atoms with E-state index in [1.54, 1.807) is 12.1 Å². The minimum absolute atomic E-state index is 0.0926. The Morgan fingerprint density at radius 2 is 1.95 bits per heavy atom. The van der Waals surface area contributed by atoms with E-state index in [1.165, 1.54) is 49.9 Å². The van der Waals surface area contributed by atoms with Crippen molar-refractivity contribution in [1.29, 1.82) is 0 Å². The molecule has 0 unspecified atom stereocenters. The first-order valence-electron chi connectivity index (χ1n) is 7.42. The molecule has 104 valence electrons. The van der Waals surface area contributed by atoms with Gasteiger partial charge in [-0.25, -0.2) is 4.39 Å². The van der Waals surface area contributed by atoms with Gasteiger partial charge in [-0.2, -0.15) is 0 Å². The molecule has 0 radical (unpaired) electrons. The molecule has 19 heavy (non-hydrogen) atoms. The van der Waals surface area contributed by atoms with Crippen molar-refractivity contribution in [3.8, 4) is 0 Å². The van der Waals surface area contributed by atoms with Gasteiger partial charge in [0.25, 0.3) is 0 Å². The Morgan fingerprint density at radius 3 is 2.63 bits per heavy atom. The van der Waals surface area contributed by atoms with Crippen LogP contribution in [-0.4, -0.2) is 31.1 Å². The van der Waals surface area contributed by atoms with E-state index in [2.05, 4.69) is 17.3 Å². The summed E-state index contributed by atoms with van der Waals surface area (Å²) in [5.41, 5.74) is 2.53. The zero-order valence-corrected chi connectivity index (χ0v) is 11.7. The monoisotopic (exact) mass is 262 g/mol. The first-order chi connectivity index (χ1) is 9.22. The average Bonchev–Trinajstić information content (AvgIpc) is 3.23. The number of halogens is 1. The van der Waals surface area contributed by atoms with Crippen LogP contribution >= 0.6 is 0 Å². The fourth-order valence-corrected chi connectivity index (χ4v) is 2.97. The molecule has 3 heteroatoms. The van der Waals surface area contributed by atoms with Gasteiger partial charge in [-0.15, -0.1) is 0 Å². The molecule has 1 saturated carbocycles. The Morgan fingerprint density at radius 1 is 1.21 bits per heavy atom. The normalized spacial score (nSPS) is 21.8. The molecular formula is C16H23FN2. The van der Waals surface area contributed by atoms with Crippen LogP contribution in [0, 0.1) is 5.82 Å². The van der Waals surface area contributed by atoms with Gasteiger partial charge in [0.05, 0.1) is 0 Å². The molecule has 1 aliphatic carbocycles. The summed E-state index contributed by atoms with van der Waals surface area (Å²) in [5.74, 6) is 0.523. The van der Waals surface area contributed by atoms with Crippen molar-refractivity contribution in [3.63, 3.8) is 0 Å². The Labute approximate surface area is 115 Å². The highest BCUT2D eigenvalue weighted by atomic mass is 19.1. The van der Waals surface area contributed by atoms with Crippen LogP contribution in [0.5, 0.6) is 0 Å². The van der Waals surface area contributed by atoms with Crippen LogP contribution in [0.3, 0.4) is 0 Å². The van der Waals surface area contributed by atoms with Crippen molar-refractivity contribution in [2.24, 2.45) is 0 Å². The Bertz CT molecular complexity index is 434. The third-order valence-electron chi connectivity index (χ3n) is 4.42. The molecule has 1 aromatic rings. The molecular weight excluding hydrogens is 239 g/mol. The van der Waals surface area contributed by atoms with Crippen molar-refractivity contribution in [3.05, 3.63) is 35.1 Å². The second-order valence-corrected chi connectivity index (χ2v) is 6.08. The van der Waals surface area contributed by atoms with Gasteiger partial charge in [0.15, 0.2) is 0 Å². The summed E-state index contributed by atoms with van der Waals surface area (Å²) in [5, 5.41) is 3.65. The third kappa shape index (κ3) is 3.34. The molecule has 3 rings (SSSR count). The summed E-state index contributed by atoms with van der Waals surface area (Å²) in [7, 11) is 2.18. The van der Waals surface area contributed by atoms with E-state index < -0.39 is 0 Å². The topological polar surface area (TPSA) is 15.3 Å². The maximum atomic E-state index is 13.3. The van der Waals surface area contributed by atoms with Crippen LogP contribution in [-0.2, 0) is 6.54 Å². The van der Waals surface area contributed by atoms with Gasteiger partial charge in [0.2, 0.25) is 0 Å². The van der Waals surface area contributed by atoms with E-state index >= 15 is 0 Å². The molecule has 2 nitrogen and oxygen atoms in total. The van der Waals surface area contributed by atoms with Crippen LogP contribution in [0.1, 0.15) is 42.7 Å². The van der Waals surface area contributed by atoms with Crippen molar-refractivity contribution < 1.29 is 4.39 Å². The number of benzene rings is 1. The summed E-state index contributed by atoms with van der Waals surface area (Å²) < 4.78 is 13.3. The maximum absolute atomic E-state index is 13.3. The van der Waals surface area contributed by atoms with Gasteiger partial charge in [-0.1, -0.05) is 6.07 Å². The molecule has 0 spiro atoms. The molecule has 2 aliphatic rings. The second-order valence-electron chi connectivity index (χ2n) is 6.08. The van der Waals surface area contributed by atoms with Crippen molar-refractivity contribution in [2.45, 2.75) is 44.2 Å². The van der Waals surface area contributed by atoms with Gasteiger partial charge >= 0.3 is 0 Å². The van der Waals surface area contributed by atoms with E-state index in [1.807, 2.05) is 6.07 Å². The van der Waals surface area contributed by atoms with Crippen LogP contribution in [0.25, 0.3) is 0 Å². The van der Waals surface area contributed by atoms with Crippen LogP contribution < -0.4 is 5.32 Å². The number of hydrogen-bond acceptors (Lipinski definition) is 2. The van der Waals surface area contributed by atoms with E-state index in [4.69, 9.17) is 0 Å². The van der Waals surface area contributed by atoms with Gasteiger partial charge in [0, 0.05) is 12.6 Å². The highest BCUT2D eigenvalue weighted by Crippen LogP contribution is 2.41. The SMILES string of the molecule is CN1CCC(NCc2ccc(F)cc2C2CC2)CC1. The maximum Gasteiger partial charge on any atom is 0.123 e. The average molecular weight is 262 g/mol. The lowest BCUT2D eigenvalue weighted by Gasteiger charge is -2.29. The number of hydrogen-bond donors (Lipinski definition) is 1. The lowest BCUT2D eigenvalue weighted by atomic mass is 10.0. The molecule has 2 fully saturated rings. The van der Waals surface area contributed by atoms with Gasteiger partial charge in [-0.05, 0) is 75.0 Å². The largest absolute Gasteiger partial charge is 0.310 e. The van der Waals surface area contributed by atoms with Gasteiger partial charge in [0.1, 0.15) is 5.82 Å². The molecule has 1 heterocycles. The molecule has 1 saturated heterocycles.